The Morgan fingerprint density at radius 2 is 1.96 bits per heavy atom. The quantitative estimate of drug-likeness (QED) is 0.629. The van der Waals surface area contributed by atoms with Crippen LogP contribution < -0.4 is 4.90 Å². The predicted octanol–water partition coefficient (Wildman–Crippen LogP) is 4.08. The van der Waals surface area contributed by atoms with Gasteiger partial charge < -0.3 is 9.32 Å². The van der Waals surface area contributed by atoms with Crippen LogP contribution in [0.3, 0.4) is 0 Å². The molecule has 0 radical (unpaired) electrons. The van der Waals surface area contributed by atoms with Crippen LogP contribution in [-0.2, 0) is 13.0 Å². The molecule has 2 aromatic carbocycles. The second-order valence-corrected chi connectivity index (χ2v) is 6.10. The first kappa shape index (κ1) is 15.5. The molecule has 0 spiro atoms. The number of fused-ring (bicyclic) bond motifs is 1. The third-order valence-corrected chi connectivity index (χ3v) is 4.38. The van der Waals surface area contributed by atoms with Crippen molar-refractivity contribution in [3.63, 3.8) is 0 Å². The topological polar surface area (TPSA) is 29.3 Å². The molecule has 1 aliphatic rings. The van der Waals surface area contributed by atoms with Gasteiger partial charge in [-0.2, -0.15) is 0 Å². The van der Waals surface area contributed by atoms with E-state index in [1.165, 1.54) is 23.5 Å². The third-order valence-electron chi connectivity index (χ3n) is 4.38. The van der Waals surface area contributed by atoms with Crippen LogP contribution in [0.15, 0.2) is 53.1 Å². The molecule has 124 valence electrons. The number of anilines is 1. The van der Waals surface area contributed by atoms with E-state index in [-0.39, 0.29) is 5.82 Å². The Morgan fingerprint density at radius 3 is 2.76 bits per heavy atom. The number of nitrogens with zero attached hydrogens (tertiary/aromatic N) is 2. The maximum absolute atomic E-state index is 13.9. The van der Waals surface area contributed by atoms with Gasteiger partial charge >= 0.3 is 0 Å². The summed E-state index contributed by atoms with van der Waals surface area (Å²) in [5.74, 6) is 6.43. The first-order valence-corrected chi connectivity index (χ1v) is 8.24. The molecule has 3 nitrogen and oxygen atoms in total. The van der Waals surface area contributed by atoms with Crippen LogP contribution in [0, 0.1) is 24.6 Å². The number of rotatable bonds is 1. The summed E-state index contributed by atoms with van der Waals surface area (Å²) in [7, 11) is 0. The lowest BCUT2D eigenvalue weighted by Gasteiger charge is -2.31. The number of aryl methyl sites for hydroxylation is 1. The fourth-order valence-corrected chi connectivity index (χ4v) is 3.13. The fraction of sp³-hybridized carbons (Fsp3) is 0.190. The highest BCUT2D eigenvalue weighted by molar-refractivity contribution is 5.62. The van der Waals surface area contributed by atoms with Gasteiger partial charge in [-0.05, 0) is 41.7 Å². The van der Waals surface area contributed by atoms with E-state index in [0.717, 1.165) is 30.8 Å². The van der Waals surface area contributed by atoms with Crippen LogP contribution in [0.2, 0.25) is 0 Å². The maximum atomic E-state index is 13.9. The largest absolute Gasteiger partial charge is 0.448 e. The summed E-state index contributed by atoms with van der Waals surface area (Å²) in [6, 6.07) is 13.1. The summed E-state index contributed by atoms with van der Waals surface area (Å²) in [6.07, 6.45) is 2.48. The summed E-state index contributed by atoms with van der Waals surface area (Å²) in [4.78, 5) is 6.37. The van der Waals surface area contributed by atoms with Crippen LogP contribution in [0.5, 0.6) is 0 Å². The van der Waals surface area contributed by atoms with Crippen LogP contribution in [0.1, 0.15) is 28.3 Å². The van der Waals surface area contributed by atoms with Gasteiger partial charge in [-0.3, -0.25) is 0 Å². The fourth-order valence-electron chi connectivity index (χ4n) is 3.13. The number of hydrogen-bond donors (Lipinski definition) is 0. The Labute approximate surface area is 146 Å². The van der Waals surface area contributed by atoms with Crippen LogP contribution >= 0.6 is 0 Å². The molecule has 4 rings (SSSR count). The Bertz CT molecular complexity index is 981. The number of hydrogen-bond acceptors (Lipinski definition) is 3. The van der Waals surface area contributed by atoms with Crippen LogP contribution in [0.4, 0.5) is 10.1 Å². The molecule has 3 aromatic rings. The van der Waals surface area contributed by atoms with Gasteiger partial charge in [0, 0.05) is 25.6 Å². The molecule has 2 heterocycles. The number of halogens is 1. The molecule has 0 N–H and O–H groups in total. The van der Waals surface area contributed by atoms with Crippen molar-refractivity contribution < 1.29 is 8.81 Å². The summed E-state index contributed by atoms with van der Waals surface area (Å²) in [5, 5.41) is 0. The Balaban J connectivity index is 1.68. The van der Waals surface area contributed by atoms with Gasteiger partial charge in [0.25, 0.3) is 0 Å². The van der Waals surface area contributed by atoms with Crippen molar-refractivity contribution in [3.8, 4) is 11.8 Å². The smallest absolute Gasteiger partial charge is 0.192 e. The molecule has 0 unspecified atom stereocenters. The molecule has 1 aromatic heterocycles. The first-order valence-electron chi connectivity index (χ1n) is 8.24. The van der Waals surface area contributed by atoms with Gasteiger partial charge in [0.2, 0.25) is 0 Å². The third kappa shape index (κ3) is 3.27. The highest BCUT2D eigenvalue weighted by atomic mass is 19.1. The van der Waals surface area contributed by atoms with E-state index in [1.54, 1.807) is 19.1 Å². The van der Waals surface area contributed by atoms with Crippen molar-refractivity contribution in [2.75, 3.05) is 11.4 Å². The lowest BCUT2D eigenvalue weighted by Crippen LogP contribution is -2.30. The van der Waals surface area contributed by atoms with Crippen LogP contribution in [0.25, 0.3) is 0 Å². The van der Waals surface area contributed by atoms with E-state index in [1.807, 2.05) is 6.07 Å². The molecule has 0 aliphatic carbocycles. The van der Waals surface area contributed by atoms with Crippen molar-refractivity contribution in [1.29, 1.82) is 0 Å². The number of benzene rings is 2. The zero-order chi connectivity index (χ0) is 17.2. The number of aromatic nitrogens is 1. The minimum Gasteiger partial charge on any atom is -0.448 e. The van der Waals surface area contributed by atoms with E-state index in [9.17, 15) is 4.39 Å². The van der Waals surface area contributed by atoms with Gasteiger partial charge in [0.15, 0.2) is 11.6 Å². The molecule has 0 fully saturated rings. The highest BCUT2D eigenvalue weighted by Gasteiger charge is 2.18. The Hall–Kier alpha value is -3.06. The zero-order valence-electron chi connectivity index (χ0n) is 13.9. The van der Waals surface area contributed by atoms with E-state index >= 15 is 0 Å². The molecule has 1 aliphatic heterocycles. The van der Waals surface area contributed by atoms with E-state index < -0.39 is 0 Å². The van der Waals surface area contributed by atoms with Crippen molar-refractivity contribution in [3.05, 3.63) is 82.8 Å². The predicted molar refractivity (Wildman–Crippen MR) is 94.8 cm³/mol. The maximum Gasteiger partial charge on any atom is 0.192 e. The van der Waals surface area contributed by atoms with Gasteiger partial charge in [0.1, 0.15) is 12.1 Å². The van der Waals surface area contributed by atoms with Crippen LogP contribution in [-0.4, -0.2) is 11.5 Å². The minimum atomic E-state index is -0.253. The molecule has 4 heteroatoms. The Morgan fingerprint density at radius 1 is 1.12 bits per heavy atom. The highest BCUT2D eigenvalue weighted by Crippen LogP contribution is 2.27. The lowest BCUT2D eigenvalue weighted by atomic mass is 9.98. The number of oxazole rings is 1. The van der Waals surface area contributed by atoms with Crippen molar-refractivity contribution in [2.45, 2.75) is 19.9 Å². The van der Waals surface area contributed by atoms with Crippen molar-refractivity contribution >= 4 is 5.69 Å². The van der Waals surface area contributed by atoms with Gasteiger partial charge in [0.05, 0.1) is 5.69 Å². The molecular weight excluding hydrogens is 315 g/mol. The normalized spacial score (nSPS) is 13.1. The Kier molecular flexibility index (Phi) is 3.99. The van der Waals surface area contributed by atoms with Gasteiger partial charge in [-0.15, -0.1) is 0 Å². The second kappa shape index (κ2) is 6.45. The van der Waals surface area contributed by atoms with Gasteiger partial charge in [-0.1, -0.05) is 30.2 Å². The molecule has 25 heavy (non-hydrogen) atoms. The average molecular weight is 332 g/mol. The first-order chi connectivity index (χ1) is 12.2. The standard InChI is InChI=1S/C21H17FN2O/c1-15-23-20(14-25-15)9-7-17-6-8-19(22)12-21(17)24-11-10-16-4-2-3-5-18(16)13-24/h2-6,8,12,14H,10-11,13H2,1H3. The molecule has 0 amide bonds. The van der Waals surface area contributed by atoms with Crippen molar-refractivity contribution in [2.24, 2.45) is 0 Å². The zero-order valence-corrected chi connectivity index (χ0v) is 13.9. The molecule has 0 saturated heterocycles. The van der Waals surface area contributed by atoms with E-state index in [0.29, 0.717) is 11.6 Å². The van der Waals surface area contributed by atoms with E-state index in [2.05, 4.69) is 39.9 Å². The van der Waals surface area contributed by atoms with Crippen molar-refractivity contribution in [1.82, 2.24) is 4.98 Å². The molecule has 0 saturated carbocycles. The minimum absolute atomic E-state index is 0.253. The van der Waals surface area contributed by atoms with E-state index in [4.69, 9.17) is 4.42 Å². The average Bonchev–Trinajstić information content (AvgIpc) is 3.05. The molecular formula is C21H17FN2O. The summed E-state index contributed by atoms with van der Waals surface area (Å²) in [5.41, 5.74) is 4.84. The van der Waals surface area contributed by atoms with Gasteiger partial charge in [-0.25, -0.2) is 9.37 Å². The summed E-state index contributed by atoms with van der Waals surface area (Å²) in [6.45, 7) is 3.38. The summed E-state index contributed by atoms with van der Waals surface area (Å²) < 4.78 is 19.0. The summed E-state index contributed by atoms with van der Waals surface area (Å²) >= 11 is 0. The molecule has 0 atom stereocenters. The monoisotopic (exact) mass is 332 g/mol. The second-order valence-electron chi connectivity index (χ2n) is 6.10. The lowest BCUT2D eigenvalue weighted by molar-refractivity contribution is 0.521. The SMILES string of the molecule is Cc1nc(C#Cc2ccc(F)cc2N2CCc3ccccc3C2)co1. The molecule has 0 bridgehead atoms.